The van der Waals surface area contributed by atoms with Crippen LogP contribution < -0.4 is 0 Å². The Morgan fingerprint density at radius 2 is 1.97 bits per heavy atom. The molecule has 0 fully saturated rings. The number of aromatic nitrogens is 1. The predicted octanol–water partition coefficient (Wildman–Crippen LogP) is 3.60. The molecule has 3 aromatic rings. The van der Waals surface area contributed by atoms with Gasteiger partial charge in [0.1, 0.15) is 5.71 Å². The van der Waals surface area contributed by atoms with Crippen molar-refractivity contribution in [2.75, 3.05) is 0 Å². The van der Waals surface area contributed by atoms with E-state index in [0.29, 0.717) is 24.2 Å². The Hall–Kier alpha value is -4.18. The van der Waals surface area contributed by atoms with Crippen LogP contribution in [-0.4, -0.2) is 27.3 Å². The topological polar surface area (TPSA) is 105 Å². The van der Waals surface area contributed by atoms with Gasteiger partial charge in [0, 0.05) is 34.8 Å². The zero-order valence-corrected chi connectivity index (χ0v) is 15.2. The molecule has 0 aliphatic carbocycles. The molecule has 0 spiro atoms. The molecule has 2 heterocycles. The van der Waals surface area contributed by atoms with E-state index in [9.17, 15) is 9.59 Å². The smallest absolute Gasteiger partial charge is 0.368 e. The van der Waals surface area contributed by atoms with E-state index < -0.39 is 11.9 Å². The third-order valence-electron chi connectivity index (χ3n) is 4.68. The number of rotatable bonds is 5. The quantitative estimate of drug-likeness (QED) is 0.534. The number of carboxylic acids is 1. The zero-order chi connectivity index (χ0) is 20.4. The third-order valence-corrected chi connectivity index (χ3v) is 4.68. The molecule has 29 heavy (non-hydrogen) atoms. The molecule has 0 atom stereocenters. The highest BCUT2D eigenvalue weighted by Gasteiger charge is 2.27. The monoisotopic (exact) mass is 385 g/mol. The number of carbonyl (C=O) groups is 2. The average Bonchev–Trinajstić information content (AvgIpc) is 3.28. The maximum atomic E-state index is 12.3. The highest BCUT2D eigenvalue weighted by Crippen LogP contribution is 2.27. The van der Waals surface area contributed by atoms with E-state index >= 15 is 0 Å². The van der Waals surface area contributed by atoms with Crippen LogP contribution in [0, 0.1) is 11.3 Å². The van der Waals surface area contributed by atoms with Crippen molar-refractivity contribution in [3.63, 3.8) is 0 Å². The zero-order valence-electron chi connectivity index (χ0n) is 15.2. The summed E-state index contributed by atoms with van der Waals surface area (Å²) in [6.45, 7) is 0.544. The number of carbonyl (C=O) groups excluding carboxylic acids is 1. The summed E-state index contributed by atoms with van der Waals surface area (Å²) in [5.74, 6) is -1.60. The number of hydrogen-bond acceptors (Lipinski definition) is 5. The number of aryl methyl sites for hydroxylation is 1. The van der Waals surface area contributed by atoms with Gasteiger partial charge in [0.05, 0.1) is 23.6 Å². The molecular weight excluding hydrogens is 370 g/mol. The van der Waals surface area contributed by atoms with E-state index in [1.54, 1.807) is 18.2 Å². The van der Waals surface area contributed by atoms with Crippen LogP contribution >= 0.6 is 0 Å². The van der Waals surface area contributed by atoms with E-state index in [2.05, 4.69) is 11.2 Å². The van der Waals surface area contributed by atoms with E-state index in [0.717, 1.165) is 16.5 Å². The standard InChI is InChI=1S/C22H15N3O4/c23-10-3-11-25-13-16(17-4-1-2-5-19(17)25)12-18-20(24-29-22(18)28)14-6-8-15(9-7-14)21(26)27/h1-2,4-9,12-13H,3,11H2,(H,26,27). The van der Waals surface area contributed by atoms with Gasteiger partial charge in [-0.2, -0.15) is 5.26 Å². The number of aromatic carboxylic acids is 1. The lowest BCUT2D eigenvalue weighted by atomic mass is 9.99. The molecule has 142 valence electrons. The lowest BCUT2D eigenvalue weighted by Crippen LogP contribution is -2.07. The molecule has 0 amide bonds. The molecule has 4 rings (SSSR count). The Balaban J connectivity index is 1.76. The normalized spacial score (nSPS) is 14.7. The van der Waals surface area contributed by atoms with Crippen molar-refractivity contribution < 1.29 is 19.5 Å². The first-order chi connectivity index (χ1) is 14.1. The second-order valence-corrected chi connectivity index (χ2v) is 6.46. The minimum absolute atomic E-state index is 0.144. The summed E-state index contributed by atoms with van der Waals surface area (Å²) < 4.78 is 1.98. The molecule has 7 nitrogen and oxygen atoms in total. The molecule has 1 N–H and O–H groups in total. The number of benzene rings is 2. The van der Waals surface area contributed by atoms with Crippen molar-refractivity contribution in [2.24, 2.45) is 5.16 Å². The lowest BCUT2D eigenvalue weighted by Gasteiger charge is -2.01. The van der Waals surface area contributed by atoms with Crippen LogP contribution in [0.4, 0.5) is 0 Å². The Kier molecular flexibility index (Phi) is 4.67. The first-order valence-corrected chi connectivity index (χ1v) is 8.88. The summed E-state index contributed by atoms with van der Waals surface area (Å²) in [5, 5.41) is 22.8. The Morgan fingerprint density at radius 1 is 1.21 bits per heavy atom. The highest BCUT2D eigenvalue weighted by atomic mass is 16.7. The van der Waals surface area contributed by atoms with Gasteiger partial charge in [-0.15, -0.1) is 0 Å². The van der Waals surface area contributed by atoms with E-state index in [1.165, 1.54) is 12.1 Å². The van der Waals surface area contributed by atoms with Gasteiger partial charge < -0.3 is 14.5 Å². The molecule has 7 heteroatoms. The first kappa shape index (κ1) is 18.2. The van der Waals surface area contributed by atoms with E-state index in [4.69, 9.17) is 15.2 Å². The molecule has 0 radical (unpaired) electrons. The number of hydrogen-bond donors (Lipinski definition) is 1. The SMILES string of the molecule is N#CCCn1cc(C=C2C(=O)ON=C2c2ccc(C(=O)O)cc2)c2ccccc21. The van der Waals surface area contributed by atoms with E-state index in [-0.39, 0.29) is 11.1 Å². The lowest BCUT2D eigenvalue weighted by molar-refractivity contribution is -0.136. The van der Waals surface area contributed by atoms with Gasteiger partial charge in [0.25, 0.3) is 0 Å². The molecule has 0 saturated carbocycles. The van der Waals surface area contributed by atoms with Crippen LogP contribution in [0.5, 0.6) is 0 Å². The number of oxime groups is 1. The Labute approximate surface area is 165 Å². The van der Waals surface area contributed by atoms with Gasteiger partial charge in [-0.3, -0.25) is 0 Å². The number of para-hydroxylation sites is 1. The summed E-state index contributed by atoms with van der Waals surface area (Å²) >= 11 is 0. The van der Waals surface area contributed by atoms with Crippen LogP contribution in [-0.2, 0) is 16.2 Å². The fraction of sp³-hybridized carbons (Fsp3) is 0.0909. The van der Waals surface area contributed by atoms with Crippen LogP contribution in [0.15, 0.2) is 65.5 Å². The van der Waals surface area contributed by atoms with Crippen LogP contribution in [0.2, 0.25) is 0 Å². The van der Waals surface area contributed by atoms with Gasteiger partial charge in [0.15, 0.2) is 0 Å². The second-order valence-electron chi connectivity index (χ2n) is 6.46. The number of carboxylic acid groups (broad SMARTS) is 1. The molecule has 0 bridgehead atoms. The van der Waals surface area contributed by atoms with Crippen molar-refractivity contribution >= 4 is 34.6 Å². The predicted molar refractivity (Wildman–Crippen MR) is 106 cm³/mol. The minimum atomic E-state index is -1.03. The van der Waals surface area contributed by atoms with Crippen LogP contribution in [0.25, 0.3) is 17.0 Å². The summed E-state index contributed by atoms with van der Waals surface area (Å²) in [6.07, 6.45) is 3.98. The van der Waals surface area contributed by atoms with Crippen molar-refractivity contribution in [3.8, 4) is 6.07 Å². The summed E-state index contributed by atoms with van der Waals surface area (Å²) in [6, 6.07) is 16.0. The average molecular weight is 385 g/mol. The van der Waals surface area contributed by atoms with Crippen LogP contribution in [0.3, 0.4) is 0 Å². The fourth-order valence-electron chi connectivity index (χ4n) is 3.29. The molecule has 1 aliphatic rings. The molecule has 0 saturated heterocycles. The van der Waals surface area contributed by atoms with E-state index in [1.807, 2.05) is 35.0 Å². The summed E-state index contributed by atoms with van der Waals surface area (Å²) in [5.41, 5.74) is 3.13. The summed E-state index contributed by atoms with van der Waals surface area (Å²) in [4.78, 5) is 28.2. The van der Waals surface area contributed by atoms with Crippen molar-refractivity contribution in [3.05, 3.63) is 77.0 Å². The molecule has 2 aromatic carbocycles. The maximum absolute atomic E-state index is 12.3. The van der Waals surface area contributed by atoms with Gasteiger partial charge in [-0.05, 0) is 24.3 Å². The van der Waals surface area contributed by atoms with Gasteiger partial charge in [-0.1, -0.05) is 35.5 Å². The van der Waals surface area contributed by atoms with Gasteiger partial charge in [0.2, 0.25) is 0 Å². The fourth-order valence-corrected chi connectivity index (χ4v) is 3.29. The maximum Gasteiger partial charge on any atom is 0.368 e. The third kappa shape index (κ3) is 3.39. The largest absolute Gasteiger partial charge is 0.478 e. The second kappa shape index (κ2) is 7.44. The minimum Gasteiger partial charge on any atom is -0.478 e. The Bertz CT molecular complexity index is 1230. The van der Waals surface area contributed by atoms with Gasteiger partial charge in [-0.25, -0.2) is 9.59 Å². The van der Waals surface area contributed by atoms with Crippen molar-refractivity contribution in [2.45, 2.75) is 13.0 Å². The molecule has 1 aromatic heterocycles. The first-order valence-electron chi connectivity index (χ1n) is 8.88. The van der Waals surface area contributed by atoms with Crippen molar-refractivity contribution in [1.82, 2.24) is 4.57 Å². The van der Waals surface area contributed by atoms with Crippen LogP contribution in [0.1, 0.15) is 27.9 Å². The van der Waals surface area contributed by atoms with Crippen molar-refractivity contribution in [1.29, 1.82) is 5.26 Å². The Morgan fingerprint density at radius 3 is 2.69 bits per heavy atom. The molecule has 1 aliphatic heterocycles. The number of nitriles is 1. The number of fused-ring (bicyclic) bond motifs is 1. The highest BCUT2D eigenvalue weighted by molar-refractivity contribution is 6.31. The van der Waals surface area contributed by atoms with Gasteiger partial charge >= 0.3 is 11.9 Å². The summed E-state index contributed by atoms with van der Waals surface area (Å²) in [7, 11) is 0. The molecular formula is C22H15N3O4. The number of nitrogens with zero attached hydrogens (tertiary/aromatic N) is 3. The molecule has 0 unspecified atom stereocenters.